The number of aromatic nitrogens is 2. The molecular formula is C25H22ClFN4O3. The summed E-state index contributed by atoms with van der Waals surface area (Å²) in [6.45, 7) is 4.37. The van der Waals surface area contributed by atoms with Gasteiger partial charge in [-0.15, -0.1) is 0 Å². The van der Waals surface area contributed by atoms with Crippen LogP contribution in [0.2, 0.25) is 5.02 Å². The Hall–Kier alpha value is -3.49. The maximum atomic E-state index is 16.2. The SMILES string of the molecule is CC(C=O)Oc1nc(N2CCNCC2)c2cc(Cl)c(-c3cc(O)cc4ccccc34)c(F)c2n1. The number of piperazine rings is 1. The van der Waals surface area contributed by atoms with Gasteiger partial charge in [0.15, 0.2) is 18.2 Å². The van der Waals surface area contributed by atoms with Gasteiger partial charge in [0.05, 0.1) is 5.02 Å². The normalized spacial score (nSPS) is 15.0. The zero-order valence-corrected chi connectivity index (χ0v) is 19.1. The maximum Gasteiger partial charge on any atom is 0.319 e. The molecule has 1 fully saturated rings. The monoisotopic (exact) mass is 480 g/mol. The topological polar surface area (TPSA) is 87.6 Å². The van der Waals surface area contributed by atoms with E-state index in [-0.39, 0.29) is 27.9 Å². The lowest BCUT2D eigenvalue weighted by molar-refractivity contribution is -0.113. The quantitative estimate of drug-likeness (QED) is 0.411. The molecule has 2 heterocycles. The second kappa shape index (κ2) is 9.04. The molecule has 0 aliphatic carbocycles. The van der Waals surface area contributed by atoms with Crippen LogP contribution < -0.4 is 15.0 Å². The number of ether oxygens (including phenoxy) is 1. The molecule has 1 unspecified atom stereocenters. The third kappa shape index (κ3) is 3.99. The number of aromatic hydroxyl groups is 1. The molecule has 7 nitrogen and oxygen atoms in total. The predicted molar refractivity (Wildman–Crippen MR) is 130 cm³/mol. The van der Waals surface area contributed by atoms with Crippen LogP contribution in [0.15, 0.2) is 42.5 Å². The van der Waals surface area contributed by atoms with Crippen LogP contribution in [0.3, 0.4) is 0 Å². The van der Waals surface area contributed by atoms with Gasteiger partial charge in [0.1, 0.15) is 17.1 Å². The van der Waals surface area contributed by atoms with Crippen molar-refractivity contribution < 1.29 is 19.0 Å². The Morgan fingerprint density at radius 1 is 1.18 bits per heavy atom. The second-order valence-corrected chi connectivity index (χ2v) is 8.59. The number of phenols is 1. The van der Waals surface area contributed by atoms with E-state index in [0.717, 1.165) is 23.9 Å². The van der Waals surface area contributed by atoms with Crippen LogP contribution >= 0.6 is 11.6 Å². The number of nitrogens with zero attached hydrogens (tertiary/aromatic N) is 3. The number of carbonyl (C=O) groups is 1. The average Bonchev–Trinajstić information content (AvgIpc) is 2.84. The number of fused-ring (bicyclic) bond motifs is 2. The summed E-state index contributed by atoms with van der Waals surface area (Å²) in [6.07, 6.45) is -0.168. The molecule has 4 aromatic rings. The highest BCUT2D eigenvalue weighted by Crippen LogP contribution is 2.42. The van der Waals surface area contributed by atoms with E-state index in [9.17, 15) is 9.90 Å². The molecule has 174 valence electrons. The van der Waals surface area contributed by atoms with Crippen molar-refractivity contribution in [2.45, 2.75) is 13.0 Å². The Morgan fingerprint density at radius 3 is 2.71 bits per heavy atom. The lowest BCUT2D eigenvalue weighted by atomic mass is 9.96. The molecule has 0 radical (unpaired) electrons. The molecule has 5 rings (SSSR count). The standard InChI is InChI=1S/C25H22ClFN4O3/c1-14(13-32)34-25-29-23-19(24(30-25)31-8-6-28-7-9-31)12-20(26)21(22(23)27)18-11-16(33)10-15-4-2-3-5-17(15)18/h2-5,10-14,28,33H,6-9H2,1H3. The van der Waals surface area contributed by atoms with Gasteiger partial charge in [0.25, 0.3) is 0 Å². The van der Waals surface area contributed by atoms with Gasteiger partial charge in [-0.05, 0) is 41.5 Å². The van der Waals surface area contributed by atoms with E-state index in [2.05, 4.69) is 15.3 Å². The Morgan fingerprint density at radius 2 is 1.94 bits per heavy atom. The minimum Gasteiger partial charge on any atom is -0.508 e. The third-order valence-electron chi connectivity index (χ3n) is 5.86. The molecule has 1 atom stereocenters. The van der Waals surface area contributed by atoms with E-state index in [4.69, 9.17) is 16.3 Å². The molecule has 9 heteroatoms. The van der Waals surface area contributed by atoms with Gasteiger partial charge in [-0.3, -0.25) is 4.79 Å². The van der Waals surface area contributed by atoms with Crippen molar-refractivity contribution in [2.75, 3.05) is 31.1 Å². The van der Waals surface area contributed by atoms with Crippen molar-refractivity contribution >= 4 is 45.4 Å². The molecule has 1 aromatic heterocycles. The highest BCUT2D eigenvalue weighted by atomic mass is 35.5. The van der Waals surface area contributed by atoms with Crippen LogP contribution in [-0.4, -0.2) is 53.6 Å². The highest BCUT2D eigenvalue weighted by molar-refractivity contribution is 6.35. The van der Waals surface area contributed by atoms with Crippen LogP contribution in [0.1, 0.15) is 6.92 Å². The van der Waals surface area contributed by atoms with Crippen molar-refractivity contribution in [1.82, 2.24) is 15.3 Å². The number of nitrogens with one attached hydrogen (secondary N) is 1. The van der Waals surface area contributed by atoms with E-state index in [1.54, 1.807) is 19.1 Å². The van der Waals surface area contributed by atoms with E-state index < -0.39 is 11.9 Å². The van der Waals surface area contributed by atoms with Crippen LogP contribution in [-0.2, 0) is 4.79 Å². The zero-order chi connectivity index (χ0) is 23.8. The fraction of sp³-hybridized carbons (Fsp3) is 0.240. The van der Waals surface area contributed by atoms with E-state index >= 15 is 4.39 Å². The first-order valence-corrected chi connectivity index (χ1v) is 11.3. The molecule has 34 heavy (non-hydrogen) atoms. The number of aldehydes is 1. The van der Waals surface area contributed by atoms with Gasteiger partial charge in [-0.25, -0.2) is 4.39 Å². The Bertz CT molecular complexity index is 1410. The lowest BCUT2D eigenvalue weighted by Crippen LogP contribution is -2.44. The van der Waals surface area contributed by atoms with E-state index in [0.29, 0.717) is 36.1 Å². The minimum absolute atomic E-state index is 0.00251. The van der Waals surface area contributed by atoms with E-state index in [1.165, 1.54) is 6.07 Å². The van der Waals surface area contributed by atoms with Gasteiger partial charge in [0, 0.05) is 37.1 Å². The lowest BCUT2D eigenvalue weighted by Gasteiger charge is -2.29. The van der Waals surface area contributed by atoms with Crippen molar-refractivity contribution in [3.63, 3.8) is 0 Å². The second-order valence-electron chi connectivity index (χ2n) is 8.18. The van der Waals surface area contributed by atoms with Crippen molar-refractivity contribution in [3.05, 3.63) is 53.3 Å². The van der Waals surface area contributed by atoms with E-state index in [1.807, 2.05) is 29.2 Å². The fourth-order valence-electron chi connectivity index (χ4n) is 4.27. The Balaban J connectivity index is 1.79. The van der Waals surface area contributed by atoms with Crippen molar-refractivity contribution in [1.29, 1.82) is 0 Å². The van der Waals surface area contributed by atoms with Crippen molar-refractivity contribution in [3.8, 4) is 22.9 Å². The number of phenolic OH excluding ortho intramolecular Hbond substituents is 1. The molecule has 3 aromatic carbocycles. The highest BCUT2D eigenvalue weighted by Gasteiger charge is 2.24. The molecule has 0 bridgehead atoms. The molecule has 1 saturated heterocycles. The molecule has 2 N–H and O–H groups in total. The number of anilines is 1. The summed E-state index contributed by atoms with van der Waals surface area (Å²) in [6, 6.07) is 12.0. The Kier molecular flexibility index (Phi) is 5.93. The van der Waals surface area contributed by atoms with Gasteiger partial charge >= 0.3 is 6.01 Å². The molecule has 0 amide bonds. The summed E-state index contributed by atoms with van der Waals surface area (Å²) in [5.74, 6) is -0.161. The summed E-state index contributed by atoms with van der Waals surface area (Å²) in [5.41, 5.74) is 0.607. The molecule has 0 spiro atoms. The molecular weight excluding hydrogens is 459 g/mol. The summed E-state index contributed by atoms with van der Waals surface area (Å²) in [4.78, 5) is 22.0. The first-order chi connectivity index (χ1) is 16.5. The molecule has 1 aliphatic rings. The third-order valence-corrected chi connectivity index (χ3v) is 6.16. The number of hydrogen-bond acceptors (Lipinski definition) is 7. The van der Waals surface area contributed by atoms with Gasteiger partial charge in [-0.1, -0.05) is 35.9 Å². The van der Waals surface area contributed by atoms with Crippen LogP contribution in [0.5, 0.6) is 11.8 Å². The minimum atomic E-state index is -0.793. The number of rotatable bonds is 5. The predicted octanol–water partition coefficient (Wildman–Crippen LogP) is 4.32. The first-order valence-electron chi connectivity index (χ1n) is 11.0. The van der Waals surface area contributed by atoms with Gasteiger partial charge in [-0.2, -0.15) is 9.97 Å². The smallest absolute Gasteiger partial charge is 0.319 e. The van der Waals surface area contributed by atoms with Gasteiger partial charge < -0.3 is 20.1 Å². The van der Waals surface area contributed by atoms with Crippen molar-refractivity contribution in [2.24, 2.45) is 0 Å². The molecule has 0 saturated carbocycles. The van der Waals surface area contributed by atoms with Crippen LogP contribution in [0.25, 0.3) is 32.8 Å². The van der Waals surface area contributed by atoms with Gasteiger partial charge in [0.2, 0.25) is 0 Å². The number of carbonyl (C=O) groups excluding carboxylic acids is 1. The number of benzene rings is 3. The number of halogens is 2. The summed E-state index contributed by atoms with van der Waals surface area (Å²) in [5, 5.41) is 15.7. The molecule has 1 aliphatic heterocycles. The van der Waals surface area contributed by atoms with Crippen LogP contribution in [0, 0.1) is 5.82 Å². The summed E-state index contributed by atoms with van der Waals surface area (Å²) < 4.78 is 21.8. The summed E-state index contributed by atoms with van der Waals surface area (Å²) >= 11 is 6.67. The average molecular weight is 481 g/mol. The Labute approximate surface area is 200 Å². The summed E-state index contributed by atoms with van der Waals surface area (Å²) in [7, 11) is 0. The number of hydrogen-bond donors (Lipinski definition) is 2. The maximum absolute atomic E-state index is 16.2. The zero-order valence-electron chi connectivity index (χ0n) is 18.4. The fourth-order valence-corrected chi connectivity index (χ4v) is 4.57. The van der Waals surface area contributed by atoms with Crippen LogP contribution in [0.4, 0.5) is 10.2 Å². The first kappa shape index (κ1) is 22.3. The largest absolute Gasteiger partial charge is 0.508 e.